The van der Waals surface area contributed by atoms with Crippen LogP contribution in [0.25, 0.3) is 0 Å². The minimum Gasteiger partial charge on any atom is -0.368 e. The van der Waals surface area contributed by atoms with Crippen LogP contribution < -0.4 is 16.9 Å². The number of hydrazone groups is 1. The maximum atomic E-state index is 14.5. The third-order valence-electron chi connectivity index (χ3n) is 8.68. The van der Waals surface area contributed by atoms with Crippen LogP contribution in [0.1, 0.15) is 57.1 Å². The van der Waals surface area contributed by atoms with Gasteiger partial charge in [-0.25, -0.2) is 0 Å². The average Bonchev–Trinajstić information content (AvgIpc) is 3.52. The molecule has 0 aliphatic carbocycles. The lowest BCUT2D eigenvalue weighted by molar-refractivity contribution is -0.146. The van der Waals surface area contributed by atoms with Crippen molar-refractivity contribution in [3.63, 3.8) is 0 Å². The molecule has 11 heteroatoms. The molecule has 3 aliphatic heterocycles. The molecule has 5 N–H and O–H groups in total. The second-order valence-corrected chi connectivity index (χ2v) is 12.1. The highest BCUT2D eigenvalue weighted by molar-refractivity contribution is 6.60. The highest BCUT2D eigenvalue weighted by Crippen LogP contribution is 2.47. The fourth-order valence-electron chi connectivity index (χ4n) is 6.49. The number of rotatable bonds is 6. The zero-order chi connectivity index (χ0) is 30.7. The number of carbonyl (C=O) groups excluding carboxylic acids is 4. The Balaban J connectivity index is 1.56. The molecular formula is C32H39N7O4. The van der Waals surface area contributed by atoms with Crippen LogP contribution in [0, 0.1) is 5.92 Å². The molecule has 3 atom stereocenters. The number of anilines is 1. The van der Waals surface area contributed by atoms with Crippen molar-refractivity contribution in [2.45, 2.75) is 69.9 Å². The van der Waals surface area contributed by atoms with Crippen molar-refractivity contribution in [3.8, 4) is 0 Å². The number of nitrogens with one attached hydrogen (secondary N) is 1. The van der Waals surface area contributed by atoms with E-state index in [9.17, 15) is 19.2 Å². The van der Waals surface area contributed by atoms with Crippen LogP contribution in [0.15, 0.2) is 58.6 Å². The topological polar surface area (TPSA) is 164 Å². The van der Waals surface area contributed by atoms with Gasteiger partial charge in [-0.05, 0) is 67.3 Å². The van der Waals surface area contributed by atoms with Crippen LogP contribution in [0.2, 0.25) is 0 Å². The van der Waals surface area contributed by atoms with Gasteiger partial charge in [0.05, 0.1) is 17.3 Å². The number of nitrogens with two attached hydrogens (primary N) is 2. The Morgan fingerprint density at radius 3 is 2.58 bits per heavy atom. The van der Waals surface area contributed by atoms with Gasteiger partial charge in [0.1, 0.15) is 12.1 Å². The van der Waals surface area contributed by atoms with Gasteiger partial charge in [-0.1, -0.05) is 50.6 Å². The maximum absolute atomic E-state index is 14.5. The number of para-hydroxylation sites is 1. The van der Waals surface area contributed by atoms with Crippen molar-refractivity contribution in [2.75, 3.05) is 18.4 Å². The molecule has 3 heterocycles. The van der Waals surface area contributed by atoms with Gasteiger partial charge in [-0.15, -0.1) is 0 Å². The van der Waals surface area contributed by atoms with Crippen LogP contribution in [0.3, 0.4) is 0 Å². The van der Waals surface area contributed by atoms with Crippen molar-refractivity contribution >= 4 is 46.9 Å². The van der Waals surface area contributed by atoms with E-state index in [1.54, 1.807) is 12.1 Å². The summed E-state index contributed by atoms with van der Waals surface area (Å²) in [6.45, 7) is 4.21. The van der Waals surface area contributed by atoms with Crippen molar-refractivity contribution in [1.29, 1.82) is 0 Å². The van der Waals surface area contributed by atoms with Gasteiger partial charge >= 0.3 is 0 Å². The van der Waals surface area contributed by atoms with E-state index in [-0.39, 0.29) is 37.0 Å². The van der Waals surface area contributed by atoms with Crippen LogP contribution in [-0.4, -0.2) is 70.5 Å². The van der Waals surface area contributed by atoms with Crippen LogP contribution in [0.4, 0.5) is 11.4 Å². The Bertz CT molecular complexity index is 1470. The van der Waals surface area contributed by atoms with E-state index in [0.29, 0.717) is 24.2 Å². The number of hydrogen-bond donors (Lipinski definition) is 3. The molecule has 4 bridgehead atoms. The summed E-state index contributed by atoms with van der Waals surface area (Å²) in [6.07, 6.45) is 4.84. The van der Waals surface area contributed by atoms with E-state index in [4.69, 9.17) is 11.6 Å². The number of aliphatic imine (C=N–C) groups is 1. The van der Waals surface area contributed by atoms with Gasteiger partial charge in [-0.3, -0.25) is 24.2 Å². The first-order chi connectivity index (χ1) is 20.6. The molecule has 226 valence electrons. The fraction of sp³-hybridized carbons (Fsp3) is 0.438. The smallest absolute Gasteiger partial charge is 0.276 e. The van der Waals surface area contributed by atoms with Gasteiger partial charge in [-0.2, -0.15) is 5.10 Å². The first-order valence-corrected chi connectivity index (χ1v) is 14.9. The summed E-state index contributed by atoms with van der Waals surface area (Å²) in [7, 11) is 0. The highest BCUT2D eigenvalue weighted by atomic mass is 16.2. The van der Waals surface area contributed by atoms with E-state index < -0.39 is 35.2 Å². The summed E-state index contributed by atoms with van der Waals surface area (Å²) < 4.78 is 0. The van der Waals surface area contributed by atoms with Crippen molar-refractivity contribution in [2.24, 2.45) is 27.6 Å². The molecule has 11 nitrogen and oxygen atoms in total. The van der Waals surface area contributed by atoms with Gasteiger partial charge < -0.3 is 26.7 Å². The third-order valence-corrected chi connectivity index (χ3v) is 8.68. The lowest BCUT2D eigenvalue weighted by atomic mass is 9.78. The zero-order valence-electron chi connectivity index (χ0n) is 24.7. The second-order valence-electron chi connectivity index (χ2n) is 12.1. The number of benzene rings is 2. The summed E-state index contributed by atoms with van der Waals surface area (Å²) >= 11 is 0. The fourth-order valence-corrected chi connectivity index (χ4v) is 6.49. The van der Waals surface area contributed by atoms with E-state index in [1.165, 1.54) is 16.0 Å². The standard InChI is InChI=1S/C32H39N7O4/c1-20(2)15-26-30(42)39-19-32(17-27(39)28(33)40)23-16-21(12-13-24(23)36-31(32)43)9-5-4-8-14-38(26)29(41)25(37-34)18-35-22-10-6-3-7-11-22/h3,6-7,10-13,16,18,20,26-27H,4-5,8-9,14-15,17,19,34H2,1-2H3,(H2,33,40)(H,36,43)/t26-,27-,32-/m0/s1. The Kier molecular flexibility index (Phi) is 8.61. The SMILES string of the molecule is CC(C)C[C@H]1C(=O)N2C[C@]3(C[C@H]2C(N)=O)C(=O)Nc2ccc(cc23)CCCCCN1C(=O)C(C=Nc1ccccc1)=NN. The Morgan fingerprint density at radius 2 is 1.88 bits per heavy atom. The molecule has 2 aromatic carbocycles. The third kappa shape index (κ3) is 5.89. The number of primary amides is 1. The predicted molar refractivity (Wildman–Crippen MR) is 165 cm³/mol. The quantitative estimate of drug-likeness (QED) is 0.269. The zero-order valence-corrected chi connectivity index (χ0v) is 24.7. The summed E-state index contributed by atoms with van der Waals surface area (Å²) in [5.74, 6) is 3.84. The van der Waals surface area contributed by atoms with Gasteiger partial charge in [0.2, 0.25) is 17.7 Å². The normalized spacial score (nSPS) is 24.4. The average molecular weight is 586 g/mol. The first-order valence-electron chi connectivity index (χ1n) is 14.9. The molecule has 0 radical (unpaired) electrons. The van der Waals surface area contributed by atoms with Crippen molar-refractivity contribution < 1.29 is 19.2 Å². The molecule has 3 aliphatic rings. The lowest BCUT2D eigenvalue weighted by Gasteiger charge is -2.36. The molecule has 4 amide bonds. The van der Waals surface area contributed by atoms with E-state index in [0.717, 1.165) is 30.4 Å². The second kappa shape index (κ2) is 12.4. The van der Waals surface area contributed by atoms with E-state index >= 15 is 0 Å². The van der Waals surface area contributed by atoms with Gasteiger partial charge in [0.25, 0.3) is 5.91 Å². The minimum absolute atomic E-state index is 0.00828. The molecule has 1 saturated heterocycles. The summed E-state index contributed by atoms with van der Waals surface area (Å²) in [5, 5.41) is 6.71. The molecular weight excluding hydrogens is 546 g/mol. The lowest BCUT2D eigenvalue weighted by Crippen LogP contribution is -2.56. The van der Waals surface area contributed by atoms with Gasteiger partial charge in [0, 0.05) is 18.8 Å². The molecule has 0 saturated carbocycles. The molecule has 0 aromatic heterocycles. The number of nitrogens with zero attached hydrogens (tertiary/aromatic N) is 4. The van der Waals surface area contributed by atoms with Crippen LogP contribution in [-0.2, 0) is 31.0 Å². The Hall–Kier alpha value is -4.54. The predicted octanol–water partition coefficient (Wildman–Crippen LogP) is 2.65. The van der Waals surface area contributed by atoms with E-state index in [2.05, 4.69) is 15.4 Å². The van der Waals surface area contributed by atoms with Crippen LogP contribution in [0.5, 0.6) is 0 Å². The Morgan fingerprint density at radius 1 is 1.12 bits per heavy atom. The summed E-state index contributed by atoms with van der Waals surface area (Å²) in [4.78, 5) is 62.2. The molecule has 0 unspecified atom stereocenters. The summed E-state index contributed by atoms with van der Waals surface area (Å²) in [6, 6.07) is 13.1. The van der Waals surface area contributed by atoms with Crippen molar-refractivity contribution in [1.82, 2.24) is 9.80 Å². The number of carbonyl (C=O) groups is 4. The monoisotopic (exact) mass is 585 g/mol. The minimum atomic E-state index is -1.10. The highest BCUT2D eigenvalue weighted by Gasteiger charge is 2.58. The number of hydrogen-bond acceptors (Lipinski definition) is 7. The van der Waals surface area contributed by atoms with Gasteiger partial charge in [0.15, 0.2) is 5.71 Å². The largest absolute Gasteiger partial charge is 0.368 e. The molecule has 5 rings (SSSR count). The molecule has 1 fully saturated rings. The number of fused-ring (bicyclic) bond motifs is 2. The van der Waals surface area contributed by atoms with E-state index in [1.807, 2.05) is 50.2 Å². The molecule has 1 spiro atoms. The number of aryl methyl sites for hydroxylation is 1. The maximum Gasteiger partial charge on any atom is 0.276 e. The number of amides is 4. The Labute approximate surface area is 251 Å². The van der Waals surface area contributed by atoms with Crippen molar-refractivity contribution in [3.05, 3.63) is 59.7 Å². The summed E-state index contributed by atoms with van der Waals surface area (Å²) in [5.41, 5.74) is 7.85. The molecule has 43 heavy (non-hydrogen) atoms. The molecule has 2 aromatic rings. The first kappa shape index (κ1) is 29.9. The van der Waals surface area contributed by atoms with Crippen LogP contribution >= 0.6 is 0 Å².